The lowest BCUT2D eigenvalue weighted by atomic mass is 10.0. The molecule has 0 bridgehead atoms. The van der Waals surface area contributed by atoms with Crippen molar-refractivity contribution in [1.82, 2.24) is 15.6 Å². The number of nitrogens with zero attached hydrogens (tertiary/aromatic N) is 1. The molecule has 2 aromatic carbocycles. The Morgan fingerprint density at radius 1 is 0.968 bits per heavy atom. The van der Waals surface area contributed by atoms with E-state index in [9.17, 15) is 18.0 Å². The molecule has 1 unspecified atom stereocenters. The van der Waals surface area contributed by atoms with Gasteiger partial charge in [0, 0.05) is 12.7 Å². The van der Waals surface area contributed by atoms with Crippen LogP contribution in [-0.4, -0.2) is 30.3 Å². The molecule has 3 rings (SSSR count). The zero-order chi connectivity index (χ0) is 22.1. The fraction of sp³-hybridized carbons (Fsp3) is 0.217. The number of hydrogen-bond donors (Lipinski definition) is 2. The van der Waals surface area contributed by atoms with Gasteiger partial charge in [0.25, 0.3) is 0 Å². The van der Waals surface area contributed by atoms with Crippen LogP contribution in [0.15, 0.2) is 79.0 Å². The molecule has 31 heavy (non-hydrogen) atoms. The minimum absolute atomic E-state index is 0.0918. The van der Waals surface area contributed by atoms with Crippen molar-refractivity contribution in [2.75, 3.05) is 13.1 Å². The number of hydrogen-bond acceptors (Lipinski definition) is 4. The molecule has 1 heterocycles. The Morgan fingerprint density at radius 2 is 1.68 bits per heavy atom. The molecule has 0 fully saturated rings. The number of benzene rings is 2. The van der Waals surface area contributed by atoms with Crippen LogP contribution in [0.1, 0.15) is 22.9 Å². The van der Waals surface area contributed by atoms with Crippen molar-refractivity contribution in [3.8, 4) is 5.75 Å². The summed E-state index contributed by atoms with van der Waals surface area (Å²) in [6.45, 7) is 0.452. The smallest absolute Gasteiger partial charge is 0.406 e. The van der Waals surface area contributed by atoms with Gasteiger partial charge in [0.05, 0.1) is 18.3 Å². The fourth-order valence-electron chi connectivity index (χ4n) is 3.05. The Labute approximate surface area is 178 Å². The zero-order valence-electron chi connectivity index (χ0n) is 16.6. The van der Waals surface area contributed by atoms with Gasteiger partial charge in [0.15, 0.2) is 0 Å². The zero-order valence-corrected chi connectivity index (χ0v) is 16.6. The van der Waals surface area contributed by atoms with Crippen LogP contribution in [0.2, 0.25) is 0 Å². The molecular formula is C23H22F3N3O2. The molecule has 1 amide bonds. The maximum absolute atomic E-state index is 12.3. The van der Waals surface area contributed by atoms with Crippen LogP contribution in [0.5, 0.6) is 5.75 Å². The van der Waals surface area contributed by atoms with Crippen molar-refractivity contribution in [2.24, 2.45) is 0 Å². The molecule has 5 nitrogen and oxygen atoms in total. The van der Waals surface area contributed by atoms with Crippen LogP contribution in [-0.2, 0) is 11.2 Å². The van der Waals surface area contributed by atoms with Crippen molar-refractivity contribution in [3.63, 3.8) is 0 Å². The Bertz CT molecular complexity index is 910. The Kier molecular flexibility index (Phi) is 7.61. The van der Waals surface area contributed by atoms with Gasteiger partial charge in [-0.25, -0.2) is 0 Å². The Hall–Kier alpha value is -3.39. The molecule has 0 spiro atoms. The summed E-state index contributed by atoms with van der Waals surface area (Å²) in [5.74, 6) is -0.458. The largest absolute Gasteiger partial charge is 0.573 e. The summed E-state index contributed by atoms with van der Waals surface area (Å²) in [7, 11) is 0. The molecule has 1 aromatic heterocycles. The lowest BCUT2D eigenvalue weighted by molar-refractivity contribution is -0.274. The van der Waals surface area contributed by atoms with Crippen LogP contribution < -0.4 is 15.4 Å². The van der Waals surface area contributed by atoms with Gasteiger partial charge in [-0.3, -0.25) is 15.1 Å². The van der Waals surface area contributed by atoms with Crippen molar-refractivity contribution < 1.29 is 22.7 Å². The molecule has 3 aromatic rings. The monoisotopic (exact) mass is 429 g/mol. The third-order valence-corrected chi connectivity index (χ3v) is 4.48. The third-order valence-electron chi connectivity index (χ3n) is 4.48. The molecule has 0 aliphatic heterocycles. The molecule has 0 saturated carbocycles. The predicted molar refractivity (Wildman–Crippen MR) is 110 cm³/mol. The second-order valence-corrected chi connectivity index (χ2v) is 6.77. The van der Waals surface area contributed by atoms with Crippen LogP contribution in [0, 0.1) is 0 Å². The van der Waals surface area contributed by atoms with Gasteiger partial charge in [0.2, 0.25) is 5.91 Å². The van der Waals surface area contributed by atoms with Gasteiger partial charge in [-0.15, -0.1) is 13.2 Å². The Morgan fingerprint density at radius 3 is 2.32 bits per heavy atom. The third kappa shape index (κ3) is 7.42. The van der Waals surface area contributed by atoms with Crippen molar-refractivity contribution in [3.05, 3.63) is 95.8 Å². The number of ether oxygens (including phenoxy) is 1. The number of amides is 1. The van der Waals surface area contributed by atoms with Gasteiger partial charge in [-0.2, -0.15) is 0 Å². The van der Waals surface area contributed by atoms with Crippen LogP contribution in [0.25, 0.3) is 0 Å². The Balaban J connectivity index is 1.48. The molecular weight excluding hydrogens is 407 g/mol. The summed E-state index contributed by atoms with van der Waals surface area (Å²) < 4.78 is 40.4. The number of halogens is 3. The number of nitrogens with one attached hydrogen (secondary N) is 2. The summed E-state index contributed by atoms with van der Waals surface area (Å²) in [6, 6.07) is 20.7. The van der Waals surface area contributed by atoms with Crippen LogP contribution in [0.3, 0.4) is 0 Å². The van der Waals surface area contributed by atoms with Crippen molar-refractivity contribution >= 4 is 5.91 Å². The average Bonchev–Trinajstić information content (AvgIpc) is 2.76. The van der Waals surface area contributed by atoms with E-state index in [-0.39, 0.29) is 24.2 Å². The first-order valence-corrected chi connectivity index (χ1v) is 9.71. The van der Waals surface area contributed by atoms with Crippen molar-refractivity contribution in [2.45, 2.75) is 18.8 Å². The second-order valence-electron chi connectivity index (χ2n) is 6.77. The summed E-state index contributed by atoms with van der Waals surface area (Å²) >= 11 is 0. The summed E-state index contributed by atoms with van der Waals surface area (Å²) in [4.78, 5) is 16.7. The summed E-state index contributed by atoms with van der Waals surface area (Å²) in [5, 5.41) is 6.04. The number of carbonyl (C=O) groups is 1. The van der Waals surface area contributed by atoms with Gasteiger partial charge in [-0.1, -0.05) is 48.5 Å². The molecule has 8 heteroatoms. The first kappa shape index (κ1) is 22.3. The maximum Gasteiger partial charge on any atom is 0.573 e. The highest BCUT2D eigenvalue weighted by molar-refractivity contribution is 5.78. The average molecular weight is 429 g/mol. The van der Waals surface area contributed by atoms with E-state index in [2.05, 4.69) is 20.4 Å². The SMILES string of the molecule is O=C(CNC(c1ccccc1)c1ccccn1)NCCc1ccc(OC(F)(F)F)cc1. The number of alkyl halides is 3. The van der Waals surface area contributed by atoms with E-state index < -0.39 is 6.36 Å². The van der Waals surface area contributed by atoms with Gasteiger partial charge in [0.1, 0.15) is 5.75 Å². The first-order chi connectivity index (χ1) is 14.9. The number of aromatic nitrogens is 1. The van der Waals surface area contributed by atoms with Gasteiger partial charge in [-0.05, 0) is 41.8 Å². The van der Waals surface area contributed by atoms with E-state index in [1.807, 2.05) is 48.5 Å². The molecule has 1 atom stereocenters. The molecule has 0 aliphatic rings. The van der Waals surface area contributed by atoms with Crippen LogP contribution >= 0.6 is 0 Å². The van der Waals surface area contributed by atoms with E-state index in [1.165, 1.54) is 24.3 Å². The van der Waals surface area contributed by atoms with Crippen molar-refractivity contribution in [1.29, 1.82) is 0 Å². The van der Waals surface area contributed by atoms with E-state index in [1.54, 1.807) is 6.20 Å². The minimum Gasteiger partial charge on any atom is -0.406 e. The van der Waals surface area contributed by atoms with Gasteiger partial charge < -0.3 is 10.1 Å². The van der Waals surface area contributed by atoms with Crippen LogP contribution in [0.4, 0.5) is 13.2 Å². The number of carbonyl (C=O) groups excluding carboxylic acids is 1. The number of pyridine rings is 1. The highest BCUT2D eigenvalue weighted by atomic mass is 19.4. The fourth-order valence-corrected chi connectivity index (χ4v) is 3.05. The topological polar surface area (TPSA) is 63.2 Å². The minimum atomic E-state index is -4.71. The molecule has 0 radical (unpaired) electrons. The van der Waals surface area contributed by atoms with E-state index in [4.69, 9.17) is 0 Å². The van der Waals surface area contributed by atoms with E-state index in [0.717, 1.165) is 16.8 Å². The highest BCUT2D eigenvalue weighted by Gasteiger charge is 2.30. The summed E-state index contributed by atoms with van der Waals surface area (Å²) in [6.07, 6.45) is -2.52. The van der Waals surface area contributed by atoms with E-state index >= 15 is 0 Å². The highest BCUT2D eigenvalue weighted by Crippen LogP contribution is 2.23. The number of rotatable bonds is 9. The van der Waals surface area contributed by atoms with Gasteiger partial charge >= 0.3 is 6.36 Å². The molecule has 2 N–H and O–H groups in total. The first-order valence-electron chi connectivity index (χ1n) is 9.71. The maximum atomic E-state index is 12.3. The quantitative estimate of drug-likeness (QED) is 0.539. The molecule has 162 valence electrons. The second kappa shape index (κ2) is 10.6. The predicted octanol–water partition coefficient (Wildman–Crippen LogP) is 4.02. The molecule has 0 saturated heterocycles. The lowest BCUT2D eigenvalue weighted by Crippen LogP contribution is -2.37. The lowest BCUT2D eigenvalue weighted by Gasteiger charge is -2.18. The summed E-state index contributed by atoms with van der Waals surface area (Å²) in [5.41, 5.74) is 2.59. The normalized spacial score (nSPS) is 12.2. The molecule has 0 aliphatic carbocycles. The standard InChI is InChI=1S/C23H22F3N3O2/c24-23(25,26)31-19-11-9-17(10-12-19)13-15-28-21(30)16-29-22(18-6-2-1-3-7-18)20-8-4-5-14-27-20/h1-12,14,22,29H,13,15-16H2,(H,28,30). The van der Waals surface area contributed by atoms with E-state index in [0.29, 0.717) is 13.0 Å².